The third-order valence-corrected chi connectivity index (χ3v) is 3.60. The van der Waals surface area contributed by atoms with Gasteiger partial charge in [-0.15, -0.1) is 0 Å². The standard InChI is InChI=1S/C19H27N3O4/c1-5-24-16-10-14(11-17(25-6-2)18(16)26-7-3)19(23)20-9-8-15-12-22(4)13-21-15/h10-13H,5-9H2,1-4H3,(H,20,23). The van der Waals surface area contributed by atoms with Gasteiger partial charge in [-0.1, -0.05) is 0 Å². The molecule has 0 atom stereocenters. The molecule has 1 aromatic heterocycles. The quantitative estimate of drug-likeness (QED) is 0.704. The third-order valence-electron chi connectivity index (χ3n) is 3.60. The summed E-state index contributed by atoms with van der Waals surface area (Å²) in [7, 11) is 1.92. The van der Waals surface area contributed by atoms with E-state index in [2.05, 4.69) is 10.3 Å². The molecule has 1 N–H and O–H groups in total. The highest BCUT2D eigenvalue weighted by atomic mass is 16.5. The van der Waals surface area contributed by atoms with Crippen LogP contribution in [-0.4, -0.2) is 41.8 Å². The lowest BCUT2D eigenvalue weighted by atomic mass is 10.1. The lowest BCUT2D eigenvalue weighted by Crippen LogP contribution is -2.26. The monoisotopic (exact) mass is 361 g/mol. The highest BCUT2D eigenvalue weighted by Crippen LogP contribution is 2.39. The lowest BCUT2D eigenvalue weighted by molar-refractivity contribution is 0.0953. The number of aromatic nitrogens is 2. The van der Waals surface area contributed by atoms with Gasteiger partial charge in [0.15, 0.2) is 11.5 Å². The molecule has 2 aromatic rings. The average molecular weight is 361 g/mol. The van der Waals surface area contributed by atoms with Gasteiger partial charge < -0.3 is 24.1 Å². The number of benzene rings is 1. The van der Waals surface area contributed by atoms with Crippen molar-refractivity contribution in [2.75, 3.05) is 26.4 Å². The molecule has 7 nitrogen and oxygen atoms in total. The van der Waals surface area contributed by atoms with Crippen LogP contribution in [0, 0.1) is 0 Å². The Morgan fingerprint density at radius 2 is 1.69 bits per heavy atom. The molecule has 7 heteroatoms. The molecule has 0 aliphatic rings. The SMILES string of the molecule is CCOc1cc(C(=O)NCCc2cn(C)cn2)cc(OCC)c1OCC. The van der Waals surface area contributed by atoms with Crippen LogP contribution in [0.25, 0.3) is 0 Å². The number of hydrogen-bond donors (Lipinski definition) is 1. The van der Waals surface area contributed by atoms with Crippen molar-refractivity contribution in [2.45, 2.75) is 27.2 Å². The van der Waals surface area contributed by atoms with E-state index < -0.39 is 0 Å². The highest BCUT2D eigenvalue weighted by Gasteiger charge is 2.18. The van der Waals surface area contributed by atoms with Crippen molar-refractivity contribution in [3.63, 3.8) is 0 Å². The molecule has 0 saturated carbocycles. The second-order valence-corrected chi connectivity index (χ2v) is 5.64. The van der Waals surface area contributed by atoms with Crippen LogP contribution in [0.1, 0.15) is 36.8 Å². The van der Waals surface area contributed by atoms with Crippen molar-refractivity contribution < 1.29 is 19.0 Å². The molecule has 0 bridgehead atoms. The van der Waals surface area contributed by atoms with Gasteiger partial charge in [0.25, 0.3) is 5.91 Å². The number of amides is 1. The zero-order valence-corrected chi connectivity index (χ0v) is 15.9. The van der Waals surface area contributed by atoms with Crippen molar-refractivity contribution in [3.8, 4) is 17.2 Å². The molecule has 2 rings (SSSR count). The lowest BCUT2D eigenvalue weighted by Gasteiger charge is -2.17. The Hall–Kier alpha value is -2.70. The molecule has 0 saturated heterocycles. The molecule has 0 spiro atoms. The molecule has 0 unspecified atom stereocenters. The van der Waals surface area contributed by atoms with E-state index in [4.69, 9.17) is 14.2 Å². The first-order valence-electron chi connectivity index (χ1n) is 8.90. The smallest absolute Gasteiger partial charge is 0.251 e. The van der Waals surface area contributed by atoms with Crippen molar-refractivity contribution in [3.05, 3.63) is 35.9 Å². The van der Waals surface area contributed by atoms with E-state index >= 15 is 0 Å². The number of imidazole rings is 1. The van der Waals surface area contributed by atoms with Crippen LogP contribution in [-0.2, 0) is 13.5 Å². The molecule has 142 valence electrons. The number of nitrogens with zero attached hydrogens (tertiary/aromatic N) is 2. The largest absolute Gasteiger partial charge is 0.490 e. The summed E-state index contributed by atoms with van der Waals surface area (Å²) >= 11 is 0. The first kappa shape index (κ1) is 19.6. The zero-order valence-electron chi connectivity index (χ0n) is 15.9. The van der Waals surface area contributed by atoms with E-state index in [1.54, 1.807) is 18.5 Å². The molecule has 0 radical (unpaired) electrons. The van der Waals surface area contributed by atoms with Crippen LogP contribution in [0.5, 0.6) is 17.2 Å². The number of rotatable bonds is 10. The minimum Gasteiger partial charge on any atom is -0.490 e. The van der Waals surface area contributed by atoms with Gasteiger partial charge in [0, 0.05) is 31.8 Å². The van der Waals surface area contributed by atoms with Gasteiger partial charge in [-0.2, -0.15) is 0 Å². The van der Waals surface area contributed by atoms with E-state index in [1.165, 1.54) is 0 Å². The summed E-state index contributed by atoms with van der Waals surface area (Å²) in [5.74, 6) is 1.36. The van der Waals surface area contributed by atoms with E-state index in [9.17, 15) is 4.79 Å². The maximum Gasteiger partial charge on any atom is 0.251 e. The van der Waals surface area contributed by atoms with E-state index in [0.29, 0.717) is 55.6 Å². The second-order valence-electron chi connectivity index (χ2n) is 5.64. The molecule has 1 aromatic carbocycles. The fraction of sp³-hybridized carbons (Fsp3) is 0.474. The van der Waals surface area contributed by atoms with Crippen LogP contribution in [0.3, 0.4) is 0 Å². The summed E-state index contributed by atoms with van der Waals surface area (Å²) in [5.41, 5.74) is 1.41. The second kappa shape index (κ2) is 9.70. The summed E-state index contributed by atoms with van der Waals surface area (Å²) in [4.78, 5) is 16.8. The number of carbonyl (C=O) groups is 1. The highest BCUT2D eigenvalue weighted by molar-refractivity contribution is 5.95. The molecule has 1 amide bonds. The number of carbonyl (C=O) groups excluding carboxylic acids is 1. The minimum atomic E-state index is -0.189. The Labute approximate surface area is 154 Å². The van der Waals surface area contributed by atoms with E-state index in [1.807, 2.05) is 38.6 Å². The Morgan fingerprint density at radius 3 is 2.19 bits per heavy atom. The molecule has 0 aliphatic carbocycles. The number of aryl methyl sites for hydroxylation is 1. The van der Waals surface area contributed by atoms with Gasteiger partial charge in [-0.05, 0) is 32.9 Å². The van der Waals surface area contributed by atoms with Crippen LogP contribution in [0.4, 0.5) is 0 Å². The molecule has 0 fully saturated rings. The summed E-state index contributed by atoms with van der Waals surface area (Å²) in [6.07, 6.45) is 4.34. The fourth-order valence-corrected chi connectivity index (χ4v) is 2.52. The number of ether oxygens (including phenoxy) is 3. The summed E-state index contributed by atoms with van der Waals surface area (Å²) in [6.45, 7) is 7.58. The van der Waals surface area contributed by atoms with E-state index in [-0.39, 0.29) is 5.91 Å². The first-order chi connectivity index (χ1) is 12.6. The van der Waals surface area contributed by atoms with Gasteiger partial charge in [-0.25, -0.2) is 4.98 Å². The van der Waals surface area contributed by atoms with Gasteiger partial charge in [0.05, 0.1) is 31.8 Å². The Balaban J connectivity index is 2.13. The van der Waals surface area contributed by atoms with E-state index in [0.717, 1.165) is 5.69 Å². The van der Waals surface area contributed by atoms with Crippen molar-refractivity contribution in [1.82, 2.24) is 14.9 Å². The molecular weight excluding hydrogens is 334 g/mol. The Morgan fingerprint density at radius 1 is 1.08 bits per heavy atom. The molecule has 1 heterocycles. The average Bonchev–Trinajstić information content (AvgIpc) is 3.03. The predicted octanol–water partition coefficient (Wildman–Crippen LogP) is 2.59. The Bertz CT molecular complexity index is 700. The first-order valence-corrected chi connectivity index (χ1v) is 8.90. The van der Waals surface area contributed by atoms with Crippen LogP contribution >= 0.6 is 0 Å². The van der Waals surface area contributed by atoms with Crippen molar-refractivity contribution >= 4 is 5.91 Å². The minimum absolute atomic E-state index is 0.189. The topological polar surface area (TPSA) is 74.6 Å². The van der Waals surface area contributed by atoms with Gasteiger partial charge in [0.2, 0.25) is 5.75 Å². The van der Waals surface area contributed by atoms with Gasteiger partial charge in [0.1, 0.15) is 0 Å². The van der Waals surface area contributed by atoms with Crippen LogP contribution in [0.15, 0.2) is 24.7 Å². The number of hydrogen-bond acceptors (Lipinski definition) is 5. The maximum atomic E-state index is 12.5. The molecule has 0 aliphatic heterocycles. The zero-order chi connectivity index (χ0) is 18.9. The normalized spacial score (nSPS) is 10.5. The van der Waals surface area contributed by atoms with Gasteiger partial charge >= 0.3 is 0 Å². The summed E-state index contributed by atoms with van der Waals surface area (Å²) < 4.78 is 18.8. The summed E-state index contributed by atoms with van der Waals surface area (Å²) in [6, 6.07) is 3.38. The molecular formula is C19H27N3O4. The number of nitrogens with one attached hydrogen (secondary N) is 1. The van der Waals surface area contributed by atoms with Gasteiger partial charge in [-0.3, -0.25) is 4.79 Å². The van der Waals surface area contributed by atoms with Crippen molar-refractivity contribution in [2.24, 2.45) is 7.05 Å². The third kappa shape index (κ3) is 5.15. The Kier molecular flexibility index (Phi) is 7.32. The fourth-order valence-electron chi connectivity index (χ4n) is 2.52. The summed E-state index contributed by atoms with van der Waals surface area (Å²) in [5, 5.41) is 2.91. The van der Waals surface area contributed by atoms with Crippen molar-refractivity contribution in [1.29, 1.82) is 0 Å². The molecule has 26 heavy (non-hydrogen) atoms. The maximum absolute atomic E-state index is 12.5. The predicted molar refractivity (Wildman–Crippen MR) is 99.2 cm³/mol. The van der Waals surface area contributed by atoms with Crippen LogP contribution < -0.4 is 19.5 Å². The van der Waals surface area contributed by atoms with Crippen LogP contribution in [0.2, 0.25) is 0 Å².